The summed E-state index contributed by atoms with van der Waals surface area (Å²) in [4.78, 5) is 9.31. The zero-order valence-corrected chi connectivity index (χ0v) is 18.2. The molecule has 4 heterocycles. The Morgan fingerprint density at radius 1 is 1.16 bits per heavy atom. The summed E-state index contributed by atoms with van der Waals surface area (Å²) in [7, 11) is 1.65. The van der Waals surface area contributed by atoms with Gasteiger partial charge in [0.25, 0.3) is 5.89 Å². The van der Waals surface area contributed by atoms with Gasteiger partial charge in [0.05, 0.1) is 29.9 Å². The molecule has 9 heteroatoms. The first-order chi connectivity index (χ1) is 15.7. The van der Waals surface area contributed by atoms with Crippen molar-refractivity contribution in [3.8, 4) is 17.2 Å². The maximum Gasteiger partial charge on any atom is 0.261 e. The Labute approximate surface area is 185 Å². The third-order valence-corrected chi connectivity index (χ3v) is 5.76. The highest BCUT2D eigenvalue weighted by molar-refractivity contribution is 5.96. The number of rotatable bonds is 7. The normalized spacial score (nSPS) is 14.7. The molecule has 0 aliphatic carbocycles. The summed E-state index contributed by atoms with van der Waals surface area (Å²) in [5.74, 6) is 1.88. The molecule has 0 saturated carbocycles. The van der Waals surface area contributed by atoms with Gasteiger partial charge >= 0.3 is 0 Å². The van der Waals surface area contributed by atoms with Gasteiger partial charge in [0.15, 0.2) is 11.5 Å². The van der Waals surface area contributed by atoms with Crippen molar-refractivity contribution in [3.63, 3.8) is 0 Å². The van der Waals surface area contributed by atoms with E-state index in [1.54, 1.807) is 13.3 Å². The first-order valence-corrected chi connectivity index (χ1v) is 10.9. The standard InChI is InChI=1S/C23H26N6O3/c1-3-29-22-18(14-25-29)21(26-16-8-10-31-11-9-16)19(13-24-22)23-27-20(28-32-23)12-15-4-6-17(30-2)7-5-15/h4-7,13-14,16H,3,8-12H2,1-2H3,(H,24,26). The van der Waals surface area contributed by atoms with Crippen LogP contribution >= 0.6 is 0 Å². The molecule has 9 nitrogen and oxygen atoms in total. The van der Waals surface area contributed by atoms with E-state index in [0.29, 0.717) is 24.2 Å². The minimum atomic E-state index is 0.305. The Balaban J connectivity index is 1.48. The lowest BCUT2D eigenvalue weighted by Gasteiger charge is -2.25. The number of fused-ring (bicyclic) bond motifs is 1. The van der Waals surface area contributed by atoms with E-state index >= 15 is 0 Å². The molecule has 1 aliphatic heterocycles. The molecule has 4 aromatic rings. The van der Waals surface area contributed by atoms with E-state index in [1.165, 1.54) is 0 Å². The topological polar surface area (TPSA) is 100 Å². The van der Waals surface area contributed by atoms with Crippen molar-refractivity contribution in [1.82, 2.24) is 24.9 Å². The summed E-state index contributed by atoms with van der Waals surface area (Å²) in [5, 5.41) is 13.3. The predicted octanol–water partition coefficient (Wildman–Crippen LogP) is 3.69. The number of aryl methyl sites for hydroxylation is 1. The van der Waals surface area contributed by atoms with E-state index in [2.05, 4.69) is 32.5 Å². The van der Waals surface area contributed by atoms with Crippen molar-refractivity contribution >= 4 is 16.7 Å². The first kappa shape index (κ1) is 20.4. The lowest BCUT2D eigenvalue weighted by atomic mass is 10.1. The van der Waals surface area contributed by atoms with Crippen LogP contribution in [0.2, 0.25) is 0 Å². The van der Waals surface area contributed by atoms with Crippen LogP contribution < -0.4 is 10.1 Å². The van der Waals surface area contributed by atoms with Crippen molar-refractivity contribution in [2.24, 2.45) is 0 Å². The molecular formula is C23H26N6O3. The molecule has 32 heavy (non-hydrogen) atoms. The highest BCUT2D eigenvalue weighted by Gasteiger charge is 2.22. The number of benzene rings is 1. The summed E-state index contributed by atoms with van der Waals surface area (Å²) >= 11 is 0. The molecule has 1 fully saturated rings. The van der Waals surface area contributed by atoms with E-state index < -0.39 is 0 Å². The Morgan fingerprint density at radius 3 is 2.72 bits per heavy atom. The second kappa shape index (κ2) is 8.96. The van der Waals surface area contributed by atoms with Crippen LogP contribution in [-0.4, -0.2) is 51.3 Å². The average molecular weight is 435 g/mol. The molecule has 5 rings (SSSR count). The second-order valence-electron chi connectivity index (χ2n) is 7.82. The van der Waals surface area contributed by atoms with Gasteiger partial charge < -0.3 is 19.3 Å². The van der Waals surface area contributed by atoms with Gasteiger partial charge in [0, 0.05) is 38.4 Å². The molecule has 1 aromatic carbocycles. The summed E-state index contributed by atoms with van der Waals surface area (Å²) in [5.41, 5.74) is 3.63. The maximum absolute atomic E-state index is 5.66. The number of pyridine rings is 1. The van der Waals surface area contributed by atoms with Crippen LogP contribution in [0.15, 0.2) is 41.2 Å². The lowest BCUT2D eigenvalue weighted by Crippen LogP contribution is -2.28. The Hall–Kier alpha value is -3.46. The van der Waals surface area contributed by atoms with Crippen molar-refractivity contribution < 1.29 is 14.0 Å². The average Bonchev–Trinajstić information content (AvgIpc) is 3.47. The zero-order chi connectivity index (χ0) is 21.9. The van der Waals surface area contributed by atoms with Crippen LogP contribution in [0.3, 0.4) is 0 Å². The van der Waals surface area contributed by atoms with E-state index in [-0.39, 0.29) is 0 Å². The molecule has 0 bridgehead atoms. The van der Waals surface area contributed by atoms with Crippen LogP contribution in [0.1, 0.15) is 31.2 Å². The second-order valence-corrected chi connectivity index (χ2v) is 7.82. The summed E-state index contributed by atoms with van der Waals surface area (Å²) in [6.07, 6.45) is 6.10. The fourth-order valence-corrected chi connectivity index (χ4v) is 3.98. The summed E-state index contributed by atoms with van der Waals surface area (Å²) in [6, 6.07) is 8.16. The number of anilines is 1. The molecule has 0 amide bonds. The first-order valence-electron chi connectivity index (χ1n) is 10.9. The van der Waals surface area contributed by atoms with Gasteiger partial charge in [-0.25, -0.2) is 9.67 Å². The number of hydrogen-bond donors (Lipinski definition) is 1. The molecule has 1 aliphatic rings. The van der Waals surface area contributed by atoms with Crippen LogP contribution in [0.25, 0.3) is 22.5 Å². The SMILES string of the molecule is CCn1ncc2c(NC3CCOCC3)c(-c3nc(Cc4ccc(OC)cc4)no3)cnc21. The van der Waals surface area contributed by atoms with Crippen molar-refractivity contribution in [1.29, 1.82) is 0 Å². The fourth-order valence-electron chi connectivity index (χ4n) is 3.98. The largest absolute Gasteiger partial charge is 0.497 e. The minimum Gasteiger partial charge on any atom is -0.497 e. The number of nitrogens with zero attached hydrogens (tertiary/aromatic N) is 5. The number of methoxy groups -OCH3 is 1. The molecule has 166 valence electrons. The third-order valence-electron chi connectivity index (χ3n) is 5.76. The Morgan fingerprint density at radius 2 is 1.97 bits per heavy atom. The van der Waals surface area contributed by atoms with Gasteiger partial charge in [0.1, 0.15) is 5.75 Å². The molecule has 3 aromatic heterocycles. The molecule has 0 unspecified atom stereocenters. The molecule has 0 spiro atoms. The number of nitrogens with one attached hydrogen (secondary N) is 1. The number of aromatic nitrogens is 5. The van der Waals surface area contributed by atoms with Crippen LogP contribution in [0.5, 0.6) is 5.75 Å². The quantitative estimate of drug-likeness (QED) is 0.470. The smallest absolute Gasteiger partial charge is 0.261 e. The van der Waals surface area contributed by atoms with Gasteiger partial charge in [-0.15, -0.1) is 0 Å². The van der Waals surface area contributed by atoms with Gasteiger partial charge in [-0.3, -0.25) is 0 Å². The fraction of sp³-hybridized carbons (Fsp3) is 0.391. The highest BCUT2D eigenvalue weighted by Crippen LogP contribution is 2.34. The van der Waals surface area contributed by atoms with Gasteiger partial charge in [-0.2, -0.15) is 10.1 Å². The van der Waals surface area contributed by atoms with E-state index in [9.17, 15) is 0 Å². The third kappa shape index (κ3) is 4.03. The summed E-state index contributed by atoms with van der Waals surface area (Å²) < 4.78 is 18.3. The maximum atomic E-state index is 5.66. The van der Waals surface area contributed by atoms with E-state index in [1.807, 2.05) is 35.1 Å². The van der Waals surface area contributed by atoms with E-state index in [0.717, 1.165) is 66.2 Å². The number of hydrogen-bond acceptors (Lipinski definition) is 8. The Bertz CT molecular complexity index is 1190. The zero-order valence-electron chi connectivity index (χ0n) is 18.2. The monoisotopic (exact) mass is 434 g/mol. The number of ether oxygens (including phenoxy) is 2. The lowest BCUT2D eigenvalue weighted by molar-refractivity contribution is 0.0905. The van der Waals surface area contributed by atoms with Crippen LogP contribution in [0, 0.1) is 0 Å². The van der Waals surface area contributed by atoms with Gasteiger partial charge in [0.2, 0.25) is 0 Å². The van der Waals surface area contributed by atoms with Crippen LogP contribution in [-0.2, 0) is 17.7 Å². The molecular weight excluding hydrogens is 408 g/mol. The van der Waals surface area contributed by atoms with Crippen molar-refractivity contribution in [2.75, 3.05) is 25.6 Å². The van der Waals surface area contributed by atoms with Crippen LogP contribution in [0.4, 0.5) is 5.69 Å². The van der Waals surface area contributed by atoms with Crippen molar-refractivity contribution in [2.45, 2.75) is 38.8 Å². The van der Waals surface area contributed by atoms with Crippen molar-refractivity contribution in [3.05, 3.63) is 48.0 Å². The predicted molar refractivity (Wildman–Crippen MR) is 120 cm³/mol. The molecule has 1 N–H and O–H groups in total. The van der Waals surface area contributed by atoms with Gasteiger partial charge in [-0.05, 0) is 37.5 Å². The highest BCUT2D eigenvalue weighted by atomic mass is 16.5. The molecule has 0 atom stereocenters. The Kier molecular flexibility index (Phi) is 5.72. The van der Waals surface area contributed by atoms with E-state index in [4.69, 9.17) is 14.0 Å². The summed E-state index contributed by atoms with van der Waals surface area (Å²) in [6.45, 7) is 4.31. The minimum absolute atomic E-state index is 0.305. The molecule has 0 radical (unpaired) electrons. The van der Waals surface area contributed by atoms with Gasteiger partial charge in [-0.1, -0.05) is 17.3 Å². The molecule has 1 saturated heterocycles.